The van der Waals surface area contributed by atoms with Crippen molar-refractivity contribution in [2.24, 2.45) is 17.6 Å². The molecule has 0 bridgehead atoms. The first-order valence-electron chi connectivity index (χ1n) is 21.0. The Hall–Kier alpha value is -4.94. The molecule has 351 valence electrons. The molecule has 10 N–H and O–H groups in total. The molecule has 0 saturated heterocycles. The van der Waals surface area contributed by atoms with Crippen LogP contribution in [0.3, 0.4) is 0 Å². The van der Waals surface area contributed by atoms with Gasteiger partial charge in [0, 0.05) is 56.3 Å². The van der Waals surface area contributed by atoms with Crippen LogP contribution in [-0.2, 0) is 62.8 Å². The van der Waals surface area contributed by atoms with E-state index in [0.29, 0.717) is 68.2 Å². The number of amides is 5. The van der Waals surface area contributed by atoms with E-state index in [2.05, 4.69) is 31.6 Å². The van der Waals surface area contributed by atoms with Crippen molar-refractivity contribution in [1.29, 1.82) is 0 Å². The van der Waals surface area contributed by atoms with Gasteiger partial charge in [-0.05, 0) is 76.4 Å². The summed E-state index contributed by atoms with van der Waals surface area (Å²) in [5, 5.41) is 39.3. The number of aryl methyl sites for hydroxylation is 2. The number of unbranched alkanes of at least 4 members (excludes halogenated alkanes) is 3. The Bertz CT molecular complexity index is 1850. The summed E-state index contributed by atoms with van der Waals surface area (Å²) in [5.74, 6) is -4.97. The number of nitrogens with zero attached hydrogens (tertiary/aromatic N) is 3. The summed E-state index contributed by atoms with van der Waals surface area (Å²) in [5.41, 5.74) is 17.5. The van der Waals surface area contributed by atoms with Crippen LogP contribution in [0.15, 0.2) is 60.8 Å². The number of carbonyl (C=O) groups excluding carboxylic acids is 6. The molecule has 3 rings (SSSR count). The number of aliphatic hydroxyl groups excluding tert-OH is 1. The van der Waals surface area contributed by atoms with E-state index in [9.17, 15) is 33.9 Å². The van der Waals surface area contributed by atoms with Gasteiger partial charge in [0.25, 0.3) is 5.91 Å². The maximum atomic E-state index is 13.6. The van der Waals surface area contributed by atoms with Crippen molar-refractivity contribution < 1.29 is 58.6 Å². The van der Waals surface area contributed by atoms with Crippen molar-refractivity contribution in [1.82, 2.24) is 41.7 Å². The van der Waals surface area contributed by atoms with Crippen LogP contribution < -0.4 is 32.5 Å². The number of hydroxylamine groups is 1. The second-order valence-corrected chi connectivity index (χ2v) is 15.6. The fourth-order valence-electron chi connectivity index (χ4n) is 6.70. The van der Waals surface area contributed by atoms with Gasteiger partial charge in [0.2, 0.25) is 23.6 Å². The number of ketones is 1. The molecule has 0 fully saturated rings. The van der Waals surface area contributed by atoms with E-state index in [0.717, 1.165) is 25.1 Å². The molecule has 1 aromatic heterocycles. The van der Waals surface area contributed by atoms with Gasteiger partial charge in [0.15, 0.2) is 5.78 Å². The normalized spacial score (nSPS) is 13.3. The minimum Gasteiger partial charge on any atom is -0.667 e. The van der Waals surface area contributed by atoms with Gasteiger partial charge in [-0.2, -0.15) is 0 Å². The zero-order valence-corrected chi connectivity index (χ0v) is 37.4. The fraction of sp³-hybridized carbons (Fsp3) is 0.545. The van der Waals surface area contributed by atoms with Crippen molar-refractivity contribution in [2.45, 2.75) is 123 Å². The summed E-state index contributed by atoms with van der Waals surface area (Å²) in [4.78, 5) is 76.4. The molecule has 0 aliphatic carbocycles. The minimum absolute atomic E-state index is 0. The van der Waals surface area contributed by atoms with Crippen LogP contribution in [0, 0.1) is 11.8 Å². The monoisotopic (exact) mass is 966 g/mol. The Kier molecular flexibility index (Phi) is 26.9. The average Bonchev–Trinajstić information content (AvgIpc) is 3.71. The van der Waals surface area contributed by atoms with Crippen molar-refractivity contribution in [2.75, 3.05) is 20.1 Å². The number of nitrogens with two attached hydrogens (primary N) is 1. The van der Waals surface area contributed by atoms with Gasteiger partial charge < -0.3 is 37.8 Å². The van der Waals surface area contributed by atoms with Crippen LogP contribution in [0.5, 0.6) is 0 Å². The molecule has 1 radical (unpaired) electrons. The molecular formula is C44H67N10O8Rh-. The van der Waals surface area contributed by atoms with Crippen LogP contribution in [-0.4, -0.2) is 105 Å². The number of hydrogen-bond acceptors (Lipinski definition) is 11. The number of primary amides is 1. The Morgan fingerprint density at radius 3 is 2.06 bits per heavy atom. The third-order valence-electron chi connectivity index (χ3n) is 10.2. The zero-order valence-electron chi connectivity index (χ0n) is 35.7. The summed E-state index contributed by atoms with van der Waals surface area (Å²) in [6.45, 7) is 5.25. The Labute approximate surface area is 383 Å². The third kappa shape index (κ3) is 20.0. The van der Waals surface area contributed by atoms with E-state index >= 15 is 0 Å². The first kappa shape index (κ1) is 56.1. The Morgan fingerprint density at radius 1 is 0.794 bits per heavy atom. The molecule has 5 atom stereocenters. The summed E-state index contributed by atoms with van der Waals surface area (Å²) in [6.07, 6.45) is 5.57. The van der Waals surface area contributed by atoms with Crippen LogP contribution in [0.25, 0.3) is 5.73 Å². The first-order valence-corrected chi connectivity index (χ1v) is 21.0. The second-order valence-electron chi connectivity index (χ2n) is 15.6. The van der Waals surface area contributed by atoms with Crippen molar-refractivity contribution in [3.05, 3.63) is 88.9 Å². The van der Waals surface area contributed by atoms with Gasteiger partial charge in [0.1, 0.15) is 18.2 Å². The van der Waals surface area contributed by atoms with Gasteiger partial charge in [-0.15, -0.1) is 5.10 Å². The van der Waals surface area contributed by atoms with Gasteiger partial charge in [0.05, 0.1) is 11.6 Å². The Morgan fingerprint density at radius 2 is 1.43 bits per heavy atom. The van der Waals surface area contributed by atoms with Crippen LogP contribution in [0.1, 0.15) is 106 Å². The molecule has 18 nitrogen and oxygen atoms in total. The standard InChI is InChI=1S/C43H63N10O8.CH4.Rh/c1-28(2)25-33(38(55)43(60)51-61)40(57)49-36(26-29-18-20-31(21-19-29)37(54)30-13-5-4-6-14-30)42(59)47-23-11-7-15-32-27-53(52-50-32)24-12-9-16-34(44)41(58)48-35(39(45)56)17-8-10-22-46-3;;/h4-6,13-14,18-21,27-28,33-36,38,44,46,55,61H,7-12,15-17,22-26H2,1-3H3,(H2,45,56)(H,47,59)(H,48,58)(H,49,57)(H,51,60);1H4;/q-1;;/t33-,34?,35?,36+,38+;;/m1../s1. The van der Waals surface area contributed by atoms with Gasteiger partial charge in [-0.25, -0.2) is 5.48 Å². The largest absolute Gasteiger partial charge is 0.667 e. The van der Waals surface area contributed by atoms with E-state index in [-0.39, 0.29) is 58.0 Å². The van der Waals surface area contributed by atoms with E-state index in [4.69, 9.17) is 16.7 Å². The number of aliphatic hydroxyl groups is 1. The van der Waals surface area contributed by atoms with Crippen LogP contribution >= 0.6 is 0 Å². The smallest absolute Gasteiger partial charge is 0.272 e. The summed E-state index contributed by atoms with van der Waals surface area (Å²) in [6, 6.07) is 12.6. The quantitative estimate of drug-likeness (QED) is 0.0165. The third-order valence-corrected chi connectivity index (χ3v) is 10.2. The maximum Gasteiger partial charge on any atom is 0.272 e. The molecule has 19 heteroatoms. The fourth-order valence-corrected chi connectivity index (χ4v) is 6.70. The van der Waals surface area contributed by atoms with Gasteiger partial charge >= 0.3 is 0 Å². The molecule has 5 amide bonds. The molecule has 2 aromatic carbocycles. The van der Waals surface area contributed by atoms with Gasteiger partial charge in [-0.1, -0.05) is 100.0 Å². The molecule has 0 aliphatic rings. The van der Waals surface area contributed by atoms with Gasteiger partial charge in [-0.3, -0.25) is 38.7 Å². The zero-order chi connectivity index (χ0) is 44.7. The second kappa shape index (κ2) is 30.2. The maximum absolute atomic E-state index is 13.6. The number of nitrogens with one attached hydrogen (secondary N) is 6. The molecule has 0 aliphatic heterocycles. The predicted octanol–water partition coefficient (Wildman–Crippen LogP) is 2.79. The van der Waals surface area contributed by atoms with E-state index in [1.807, 2.05) is 33.2 Å². The molecule has 63 heavy (non-hydrogen) atoms. The molecule has 0 saturated carbocycles. The molecule has 2 unspecified atom stereocenters. The van der Waals surface area contributed by atoms with E-state index in [1.54, 1.807) is 53.2 Å². The first-order chi connectivity index (χ1) is 29.2. The molecule has 3 aromatic rings. The SMILES string of the molecule is C.CNCCCCC(NC(=O)C([NH-])CCCCn1cc(CCCCNC(=O)[C@H](Cc2ccc(C(=O)c3ccccc3)cc2)NC(=O)[C@H](CC(C)C)[C@H](O)C(=O)NO)nn1)C(N)=O.[Rh]. The number of aromatic nitrogens is 3. The predicted molar refractivity (Wildman–Crippen MR) is 234 cm³/mol. The summed E-state index contributed by atoms with van der Waals surface area (Å²) >= 11 is 0. The number of hydrogen-bond donors (Lipinski definition) is 8. The number of carbonyl (C=O) groups is 6. The average molecular weight is 967 g/mol. The van der Waals surface area contributed by atoms with E-state index < -0.39 is 59.7 Å². The van der Waals surface area contributed by atoms with E-state index in [1.165, 1.54) is 5.48 Å². The van der Waals surface area contributed by atoms with Crippen molar-refractivity contribution in [3.8, 4) is 0 Å². The summed E-state index contributed by atoms with van der Waals surface area (Å²) < 4.78 is 1.70. The minimum atomic E-state index is -1.85. The molecular weight excluding hydrogens is 899 g/mol. The Balaban J connectivity index is 0.00000992. The van der Waals surface area contributed by atoms with Crippen LogP contribution in [0.2, 0.25) is 0 Å². The van der Waals surface area contributed by atoms with Crippen LogP contribution in [0.4, 0.5) is 0 Å². The number of rotatable bonds is 29. The molecule has 0 spiro atoms. The van der Waals surface area contributed by atoms with Crippen molar-refractivity contribution >= 4 is 35.3 Å². The number of benzene rings is 2. The topological polar surface area (TPSA) is 284 Å². The van der Waals surface area contributed by atoms with Crippen molar-refractivity contribution in [3.63, 3.8) is 0 Å². The summed E-state index contributed by atoms with van der Waals surface area (Å²) in [7, 11) is 1.84. The molecule has 1 heterocycles.